The lowest BCUT2D eigenvalue weighted by atomic mass is 10.0. The topological polar surface area (TPSA) is 76.5 Å². The number of amides is 2. The zero-order chi connectivity index (χ0) is 26.6. The first-order valence-electron chi connectivity index (χ1n) is 12.2. The predicted molar refractivity (Wildman–Crippen MR) is 144 cm³/mol. The van der Waals surface area contributed by atoms with Gasteiger partial charge in [0.2, 0.25) is 11.8 Å². The molecule has 1 unspecified atom stereocenters. The molecule has 2 amide bonds. The van der Waals surface area contributed by atoms with Crippen LogP contribution >= 0.6 is 11.8 Å². The summed E-state index contributed by atoms with van der Waals surface area (Å²) in [6.07, 6.45) is 0. The molecular weight excluding hydrogens is 503 g/mol. The summed E-state index contributed by atoms with van der Waals surface area (Å²) < 4.78 is 20.8. The fourth-order valence-electron chi connectivity index (χ4n) is 4.60. The number of carbonyl (C=O) groups excluding carboxylic acids is 2. The first kappa shape index (κ1) is 25.5. The van der Waals surface area contributed by atoms with E-state index in [-0.39, 0.29) is 36.5 Å². The maximum Gasteiger partial charge on any atom is 0.247 e. The first-order chi connectivity index (χ1) is 18.5. The zero-order valence-corrected chi connectivity index (χ0v) is 21.9. The van der Waals surface area contributed by atoms with Crippen LogP contribution in [0.4, 0.5) is 4.39 Å². The zero-order valence-electron chi connectivity index (χ0n) is 21.1. The molecule has 9 heteroatoms. The average molecular weight is 531 g/mol. The summed E-state index contributed by atoms with van der Waals surface area (Å²) in [6, 6.07) is 22.1. The number of nitrogens with one attached hydrogen (secondary N) is 1. The molecule has 38 heavy (non-hydrogen) atoms. The van der Waals surface area contributed by atoms with Gasteiger partial charge in [0.05, 0.1) is 24.2 Å². The molecule has 0 radical (unpaired) electrons. The molecule has 0 aliphatic carbocycles. The van der Waals surface area contributed by atoms with Crippen LogP contribution in [0.2, 0.25) is 0 Å². The number of rotatable bonds is 7. The molecule has 0 bridgehead atoms. The number of hydrogen-bond acceptors (Lipinski definition) is 5. The lowest BCUT2D eigenvalue weighted by Gasteiger charge is -2.30. The number of ether oxygens (including phenoxy) is 1. The molecule has 1 aliphatic heterocycles. The number of carbonyl (C=O) groups is 2. The number of fused-ring (bicyclic) bond motifs is 1. The molecule has 4 aromatic rings. The SMILES string of the molecule is COc1ccccc1CNC(=O)C1c2c(C)nn(-c3ccccc3)c2SCC(=O)N1Cc1ccc(F)cc1. The minimum Gasteiger partial charge on any atom is -0.496 e. The van der Waals surface area contributed by atoms with E-state index < -0.39 is 6.04 Å². The number of methoxy groups -OCH3 is 1. The maximum absolute atomic E-state index is 13.9. The van der Waals surface area contributed by atoms with E-state index in [2.05, 4.69) is 5.32 Å². The van der Waals surface area contributed by atoms with Crippen LogP contribution < -0.4 is 10.1 Å². The molecule has 1 N–H and O–H groups in total. The predicted octanol–water partition coefficient (Wildman–Crippen LogP) is 4.82. The van der Waals surface area contributed by atoms with Crippen molar-refractivity contribution in [1.82, 2.24) is 20.0 Å². The van der Waals surface area contributed by atoms with E-state index in [4.69, 9.17) is 9.84 Å². The van der Waals surface area contributed by atoms with E-state index in [9.17, 15) is 14.0 Å². The molecule has 1 atom stereocenters. The molecule has 0 fully saturated rings. The summed E-state index contributed by atoms with van der Waals surface area (Å²) in [5.41, 5.74) is 3.73. The maximum atomic E-state index is 13.9. The van der Waals surface area contributed by atoms with Gasteiger partial charge in [0.15, 0.2) is 0 Å². The van der Waals surface area contributed by atoms with Gasteiger partial charge in [-0.25, -0.2) is 9.07 Å². The van der Waals surface area contributed by atoms with Crippen molar-refractivity contribution in [1.29, 1.82) is 0 Å². The number of thioether (sulfide) groups is 1. The second-order valence-corrected chi connectivity index (χ2v) is 9.88. The van der Waals surface area contributed by atoms with Crippen LogP contribution in [-0.4, -0.2) is 39.4 Å². The van der Waals surface area contributed by atoms with Gasteiger partial charge in [0, 0.05) is 24.2 Å². The van der Waals surface area contributed by atoms with Gasteiger partial charge in [0.1, 0.15) is 22.6 Å². The van der Waals surface area contributed by atoms with Gasteiger partial charge in [-0.15, -0.1) is 0 Å². The molecule has 1 aromatic heterocycles. The summed E-state index contributed by atoms with van der Waals surface area (Å²) in [5, 5.41) is 8.53. The monoisotopic (exact) mass is 530 g/mol. The molecule has 0 spiro atoms. The number of benzene rings is 3. The van der Waals surface area contributed by atoms with Crippen LogP contribution in [0.25, 0.3) is 5.69 Å². The van der Waals surface area contributed by atoms with Gasteiger partial charge in [0.25, 0.3) is 0 Å². The molecule has 0 saturated carbocycles. The van der Waals surface area contributed by atoms with E-state index in [0.29, 0.717) is 17.0 Å². The molecule has 3 aromatic carbocycles. The Balaban J connectivity index is 1.56. The summed E-state index contributed by atoms with van der Waals surface area (Å²) in [6.45, 7) is 2.24. The van der Waals surface area contributed by atoms with Gasteiger partial charge in [-0.3, -0.25) is 9.59 Å². The number of hydrogen-bond donors (Lipinski definition) is 1. The van der Waals surface area contributed by atoms with Crippen LogP contribution in [0.15, 0.2) is 83.9 Å². The second-order valence-electron chi connectivity index (χ2n) is 8.92. The van der Waals surface area contributed by atoms with E-state index in [1.54, 1.807) is 28.8 Å². The summed E-state index contributed by atoms with van der Waals surface area (Å²) in [4.78, 5) is 29.0. The Kier molecular flexibility index (Phi) is 7.46. The van der Waals surface area contributed by atoms with Crippen LogP contribution in [0, 0.1) is 12.7 Å². The molecule has 2 heterocycles. The number of para-hydroxylation sites is 2. The Morgan fingerprint density at radius 1 is 1.08 bits per heavy atom. The number of aromatic nitrogens is 2. The van der Waals surface area contributed by atoms with Crippen molar-refractivity contribution in [2.75, 3.05) is 12.9 Å². The first-order valence-corrected chi connectivity index (χ1v) is 13.2. The lowest BCUT2D eigenvalue weighted by Crippen LogP contribution is -2.43. The minimum atomic E-state index is -0.926. The van der Waals surface area contributed by atoms with Crippen LogP contribution in [0.3, 0.4) is 0 Å². The standard InChI is InChI=1S/C29H27FN4O3S/c1-19-26-27(28(36)31-16-21-8-6-7-11-24(21)37-2)33(17-20-12-14-22(30)15-13-20)25(35)18-38-29(26)34(32-19)23-9-4-3-5-10-23/h3-15,27H,16-18H2,1-2H3,(H,31,36). The Bertz CT molecular complexity index is 1460. The highest BCUT2D eigenvalue weighted by atomic mass is 32.2. The van der Waals surface area contributed by atoms with Crippen LogP contribution in [0.5, 0.6) is 5.75 Å². The number of nitrogens with zero attached hydrogens (tertiary/aromatic N) is 3. The van der Waals surface area contributed by atoms with Gasteiger partial charge in [-0.05, 0) is 42.8 Å². The average Bonchev–Trinajstić information content (AvgIpc) is 3.19. The second kappa shape index (κ2) is 11.1. The fraction of sp³-hybridized carbons (Fsp3) is 0.207. The minimum absolute atomic E-state index is 0.141. The summed E-state index contributed by atoms with van der Waals surface area (Å²) in [5.74, 6) is -0.0717. The quantitative estimate of drug-likeness (QED) is 0.371. The third kappa shape index (κ3) is 5.15. The Hall–Kier alpha value is -4.11. The Morgan fingerprint density at radius 2 is 1.79 bits per heavy atom. The smallest absolute Gasteiger partial charge is 0.247 e. The van der Waals surface area contributed by atoms with Crippen molar-refractivity contribution in [2.24, 2.45) is 0 Å². The van der Waals surface area contributed by atoms with Crippen LogP contribution in [0.1, 0.15) is 28.4 Å². The van der Waals surface area contributed by atoms with E-state index in [1.165, 1.54) is 23.9 Å². The third-order valence-corrected chi connectivity index (χ3v) is 7.52. The summed E-state index contributed by atoms with van der Waals surface area (Å²) >= 11 is 1.37. The Morgan fingerprint density at radius 3 is 2.53 bits per heavy atom. The highest BCUT2D eigenvalue weighted by Crippen LogP contribution is 2.39. The van der Waals surface area contributed by atoms with Gasteiger partial charge < -0.3 is 15.0 Å². The van der Waals surface area contributed by atoms with Crippen molar-refractivity contribution >= 4 is 23.6 Å². The van der Waals surface area contributed by atoms with E-state index in [0.717, 1.165) is 21.8 Å². The van der Waals surface area contributed by atoms with E-state index in [1.807, 2.05) is 61.5 Å². The van der Waals surface area contributed by atoms with Crippen molar-refractivity contribution in [3.05, 3.63) is 107 Å². The highest BCUT2D eigenvalue weighted by Gasteiger charge is 2.39. The summed E-state index contributed by atoms with van der Waals surface area (Å²) in [7, 11) is 1.58. The fourth-order valence-corrected chi connectivity index (χ4v) is 5.70. The lowest BCUT2D eigenvalue weighted by molar-refractivity contribution is -0.139. The van der Waals surface area contributed by atoms with Crippen molar-refractivity contribution in [3.63, 3.8) is 0 Å². The van der Waals surface area contributed by atoms with Crippen molar-refractivity contribution in [3.8, 4) is 11.4 Å². The number of aryl methyl sites for hydroxylation is 1. The van der Waals surface area contributed by atoms with Gasteiger partial charge in [-0.1, -0.05) is 60.3 Å². The molecule has 194 valence electrons. The highest BCUT2D eigenvalue weighted by molar-refractivity contribution is 8.00. The largest absolute Gasteiger partial charge is 0.496 e. The van der Waals surface area contributed by atoms with E-state index >= 15 is 0 Å². The normalized spacial score (nSPS) is 15.1. The van der Waals surface area contributed by atoms with Crippen molar-refractivity contribution < 1.29 is 18.7 Å². The number of halogens is 1. The molecule has 1 aliphatic rings. The van der Waals surface area contributed by atoms with Gasteiger partial charge >= 0.3 is 0 Å². The van der Waals surface area contributed by atoms with Gasteiger partial charge in [-0.2, -0.15) is 5.10 Å². The third-order valence-electron chi connectivity index (χ3n) is 6.46. The molecule has 7 nitrogen and oxygen atoms in total. The molecule has 0 saturated heterocycles. The van der Waals surface area contributed by atoms with Crippen LogP contribution in [-0.2, 0) is 22.7 Å². The molecular formula is C29H27FN4O3S. The molecule has 5 rings (SSSR count). The Labute approximate surface area is 224 Å². The van der Waals surface area contributed by atoms with Crippen molar-refractivity contribution in [2.45, 2.75) is 31.1 Å².